The molecule has 0 saturated heterocycles. The van der Waals surface area contributed by atoms with Gasteiger partial charge in [-0.1, -0.05) is 66.7 Å². The molecular formula is C18H17NO2. The van der Waals surface area contributed by atoms with Gasteiger partial charge in [0.15, 0.2) is 0 Å². The summed E-state index contributed by atoms with van der Waals surface area (Å²) in [6, 6.07) is 17.7. The molecule has 1 aliphatic carbocycles. The van der Waals surface area contributed by atoms with Crippen LogP contribution < -0.4 is 5.32 Å². The van der Waals surface area contributed by atoms with Gasteiger partial charge in [-0.25, -0.2) is 4.79 Å². The molecule has 3 nitrogen and oxygen atoms in total. The molecular weight excluding hydrogens is 262 g/mol. The van der Waals surface area contributed by atoms with Crippen LogP contribution in [-0.4, -0.2) is 6.09 Å². The summed E-state index contributed by atoms with van der Waals surface area (Å²) < 4.78 is 5.27. The van der Waals surface area contributed by atoms with Crippen LogP contribution in [0.4, 0.5) is 4.79 Å². The molecule has 0 aliphatic heterocycles. The Bertz CT molecular complexity index is 649. The lowest BCUT2D eigenvalue weighted by molar-refractivity contribution is 0.135. The number of hydrogen-bond acceptors (Lipinski definition) is 2. The molecule has 1 amide bonds. The van der Waals surface area contributed by atoms with Crippen molar-refractivity contribution in [3.63, 3.8) is 0 Å². The number of nitrogens with one attached hydrogen (secondary N) is 1. The predicted octanol–water partition coefficient (Wildman–Crippen LogP) is 4.07. The molecule has 0 aromatic heterocycles. The van der Waals surface area contributed by atoms with E-state index in [1.54, 1.807) is 0 Å². The van der Waals surface area contributed by atoms with E-state index in [1.165, 1.54) is 0 Å². The molecule has 2 aromatic carbocycles. The first-order chi connectivity index (χ1) is 10.3. The number of alkyl carbamates (subject to hydrolysis) is 1. The Morgan fingerprint density at radius 2 is 1.86 bits per heavy atom. The molecule has 1 atom stereocenters. The van der Waals surface area contributed by atoms with Crippen LogP contribution in [0.5, 0.6) is 0 Å². The number of hydrogen-bond donors (Lipinski definition) is 1. The van der Waals surface area contributed by atoms with Crippen molar-refractivity contribution in [3.05, 3.63) is 77.4 Å². The zero-order valence-electron chi connectivity index (χ0n) is 11.7. The average Bonchev–Trinajstić information content (AvgIpc) is 2.54. The van der Waals surface area contributed by atoms with Gasteiger partial charge >= 0.3 is 6.09 Å². The van der Waals surface area contributed by atoms with Gasteiger partial charge in [-0.3, -0.25) is 0 Å². The van der Waals surface area contributed by atoms with Gasteiger partial charge in [-0.2, -0.15) is 0 Å². The molecule has 0 heterocycles. The first-order valence-electron chi connectivity index (χ1n) is 7.05. The van der Waals surface area contributed by atoms with Crippen molar-refractivity contribution in [1.29, 1.82) is 0 Å². The molecule has 21 heavy (non-hydrogen) atoms. The van der Waals surface area contributed by atoms with Crippen LogP contribution >= 0.6 is 0 Å². The highest BCUT2D eigenvalue weighted by molar-refractivity contribution is 5.69. The maximum atomic E-state index is 11.9. The predicted molar refractivity (Wildman–Crippen MR) is 82.6 cm³/mol. The van der Waals surface area contributed by atoms with Gasteiger partial charge in [0.25, 0.3) is 0 Å². The molecule has 0 radical (unpaired) electrons. The van der Waals surface area contributed by atoms with E-state index in [-0.39, 0.29) is 18.7 Å². The summed E-state index contributed by atoms with van der Waals surface area (Å²) in [7, 11) is 0. The number of fused-ring (bicyclic) bond motifs is 1. The number of carbonyl (C=O) groups excluding carboxylic acids is 1. The molecule has 1 aliphatic rings. The van der Waals surface area contributed by atoms with Crippen molar-refractivity contribution in [2.24, 2.45) is 0 Å². The first kappa shape index (κ1) is 13.4. The van der Waals surface area contributed by atoms with Gasteiger partial charge in [-0.05, 0) is 23.1 Å². The summed E-state index contributed by atoms with van der Waals surface area (Å²) in [6.07, 6.45) is 4.57. The minimum absolute atomic E-state index is 0.0190. The van der Waals surface area contributed by atoms with Gasteiger partial charge < -0.3 is 10.1 Å². The summed E-state index contributed by atoms with van der Waals surface area (Å²) in [5.41, 5.74) is 3.27. The second kappa shape index (κ2) is 6.27. The Kier molecular flexibility index (Phi) is 4.01. The second-order valence-electron chi connectivity index (χ2n) is 5.03. The largest absolute Gasteiger partial charge is 0.445 e. The molecule has 3 heteroatoms. The van der Waals surface area contributed by atoms with Crippen LogP contribution in [0.3, 0.4) is 0 Å². The summed E-state index contributed by atoms with van der Waals surface area (Å²) >= 11 is 0. The maximum Gasteiger partial charge on any atom is 0.407 e. The third kappa shape index (κ3) is 3.31. The SMILES string of the molecule is O=C(N[C@@H]1CC=Cc2ccccc21)OCc1ccccc1. The Hall–Kier alpha value is -2.55. The smallest absolute Gasteiger partial charge is 0.407 e. The van der Waals surface area contributed by atoms with Gasteiger partial charge in [0.1, 0.15) is 6.61 Å². The van der Waals surface area contributed by atoms with Crippen molar-refractivity contribution in [1.82, 2.24) is 5.32 Å². The highest BCUT2D eigenvalue weighted by atomic mass is 16.5. The number of rotatable bonds is 3. The normalized spacial score (nSPS) is 16.1. The summed E-state index contributed by atoms with van der Waals surface area (Å²) in [5, 5.41) is 2.93. The highest BCUT2D eigenvalue weighted by Gasteiger charge is 2.18. The molecule has 0 unspecified atom stereocenters. The fourth-order valence-electron chi connectivity index (χ4n) is 2.48. The van der Waals surface area contributed by atoms with Crippen LogP contribution in [0.1, 0.15) is 29.2 Å². The molecule has 0 spiro atoms. The van der Waals surface area contributed by atoms with Crippen LogP contribution in [0.15, 0.2) is 60.7 Å². The van der Waals surface area contributed by atoms with Crippen LogP contribution in [-0.2, 0) is 11.3 Å². The second-order valence-corrected chi connectivity index (χ2v) is 5.03. The van der Waals surface area contributed by atoms with E-state index in [2.05, 4.69) is 23.5 Å². The van der Waals surface area contributed by atoms with E-state index in [0.29, 0.717) is 0 Å². The zero-order chi connectivity index (χ0) is 14.5. The fourth-order valence-corrected chi connectivity index (χ4v) is 2.48. The summed E-state index contributed by atoms with van der Waals surface area (Å²) in [4.78, 5) is 11.9. The number of ether oxygens (including phenoxy) is 1. The Labute approximate surface area is 124 Å². The third-order valence-electron chi connectivity index (χ3n) is 3.55. The molecule has 0 fully saturated rings. The van der Waals surface area contributed by atoms with Crippen molar-refractivity contribution >= 4 is 12.2 Å². The topological polar surface area (TPSA) is 38.3 Å². The van der Waals surface area contributed by atoms with E-state index in [0.717, 1.165) is 23.1 Å². The Morgan fingerprint density at radius 3 is 2.71 bits per heavy atom. The number of carbonyl (C=O) groups is 1. The first-order valence-corrected chi connectivity index (χ1v) is 7.05. The molecule has 2 aromatic rings. The van der Waals surface area contributed by atoms with Crippen molar-refractivity contribution in [2.75, 3.05) is 0 Å². The lowest BCUT2D eigenvalue weighted by Gasteiger charge is -2.22. The Morgan fingerprint density at radius 1 is 1.10 bits per heavy atom. The average molecular weight is 279 g/mol. The quantitative estimate of drug-likeness (QED) is 0.919. The van der Waals surface area contributed by atoms with Crippen molar-refractivity contribution < 1.29 is 9.53 Å². The minimum atomic E-state index is -0.381. The standard InChI is InChI=1S/C18H17NO2/c20-18(21-13-14-7-2-1-3-8-14)19-17-12-6-10-15-9-4-5-11-16(15)17/h1-11,17H,12-13H2,(H,19,20)/t17-/m1/s1. The van der Waals surface area contributed by atoms with E-state index >= 15 is 0 Å². The number of amides is 1. The van der Waals surface area contributed by atoms with Gasteiger partial charge in [0, 0.05) is 0 Å². The van der Waals surface area contributed by atoms with Crippen molar-refractivity contribution in [3.8, 4) is 0 Å². The number of benzene rings is 2. The van der Waals surface area contributed by atoms with Crippen LogP contribution in [0.25, 0.3) is 6.08 Å². The van der Waals surface area contributed by atoms with E-state index < -0.39 is 0 Å². The van der Waals surface area contributed by atoms with Crippen LogP contribution in [0.2, 0.25) is 0 Å². The fraction of sp³-hybridized carbons (Fsp3) is 0.167. The van der Waals surface area contributed by atoms with Gasteiger partial charge in [0.05, 0.1) is 6.04 Å². The molecule has 106 valence electrons. The van der Waals surface area contributed by atoms with Crippen LogP contribution in [0, 0.1) is 0 Å². The van der Waals surface area contributed by atoms with Gasteiger partial charge in [-0.15, -0.1) is 0 Å². The lowest BCUT2D eigenvalue weighted by Crippen LogP contribution is -2.30. The molecule has 0 saturated carbocycles. The van der Waals surface area contributed by atoms with Gasteiger partial charge in [0.2, 0.25) is 0 Å². The van der Waals surface area contributed by atoms with Crippen molar-refractivity contribution in [2.45, 2.75) is 19.1 Å². The summed E-state index contributed by atoms with van der Waals surface area (Å²) in [6.45, 7) is 0.289. The van der Waals surface area contributed by atoms with E-state index in [9.17, 15) is 4.79 Å². The molecule has 1 N–H and O–H groups in total. The highest BCUT2D eigenvalue weighted by Crippen LogP contribution is 2.27. The van der Waals surface area contributed by atoms with E-state index in [1.807, 2.05) is 48.5 Å². The monoisotopic (exact) mass is 279 g/mol. The zero-order valence-corrected chi connectivity index (χ0v) is 11.7. The maximum absolute atomic E-state index is 11.9. The Balaban J connectivity index is 1.59. The lowest BCUT2D eigenvalue weighted by atomic mass is 9.93. The molecule has 0 bridgehead atoms. The third-order valence-corrected chi connectivity index (χ3v) is 3.55. The minimum Gasteiger partial charge on any atom is -0.445 e. The molecule has 3 rings (SSSR count). The summed E-state index contributed by atoms with van der Waals surface area (Å²) in [5.74, 6) is 0. The van der Waals surface area contributed by atoms with E-state index in [4.69, 9.17) is 4.74 Å².